The first-order chi connectivity index (χ1) is 11.7. The van der Waals surface area contributed by atoms with Crippen molar-refractivity contribution in [1.29, 1.82) is 0 Å². The molecule has 0 bridgehead atoms. The van der Waals surface area contributed by atoms with E-state index in [0.717, 1.165) is 18.9 Å². The van der Waals surface area contributed by atoms with Crippen LogP contribution >= 0.6 is 0 Å². The topological polar surface area (TPSA) is 74.8 Å². The van der Waals surface area contributed by atoms with Crippen molar-refractivity contribution < 1.29 is 14.3 Å². The molecule has 7 heteroatoms. The highest BCUT2D eigenvalue weighted by atomic mass is 16.5. The second-order valence-electron chi connectivity index (χ2n) is 6.32. The van der Waals surface area contributed by atoms with Crippen LogP contribution in [0.25, 0.3) is 0 Å². The maximum atomic E-state index is 12.4. The second-order valence-corrected chi connectivity index (χ2v) is 6.32. The summed E-state index contributed by atoms with van der Waals surface area (Å²) in [5, 5.41) is 2.87. The quantitative estimate of drug-likeness (QED) is 0.845. The predicted molar refractivity (Wildman–Crippen MR) is 90.9 cm³/mol. The van der Waals surface area contributed by atoms with Gasteiger partial charge in [0.15, 0.2) is 0 Å². The third kappa shape index (κ3) is 3.84. The molecule has 2 saturated heterocycles. The minimum atomic E-state index is -0.312. The van der Waals surface area contributed by atoms with E-state index in [9.17, 15) is 9.59 Å². The Bertz CT molecular complexity index is 584. The number of aromatic nitrogens is 1. The van der Waals surface area contributed by atoms with E-state index in [1.165, 1.54) is 12.8 Å². The minimum Gasteiger partial charge on any atom is -0.383 e. The summed E-state index contributed by atoms with van der Waals surface area (Å²) in [7, 11) is 1.60. The van der Waals surface area contributed by atoms with Crippen molar-refractivity contribution >= 4 is 23.3 Å². The molecule has 0 saturated carbocycles. The summed E-state index contributed by atoms with van der Waals surface area (Å²) in [6.45, 7) is 3.56. The van der Waals surface area contributed by atoms with Crippen LogP contribution in [0.4, 0.5) is 11.5 Å². The summed E-state index contributed by atoms with van der Waals surface area (Å²) < 4.78 is 4.99. The number of hydrogen-bond acceptors (Lipinski definition) is 5. The van der Waals surface area contributed by atoms with Gasteiger partial charge in [0.25, 0.3) is 0 Å². The summed E-state index contributed by atoms with van der Waals surface area (Å²) in [5.74, 6) is 0.522. The Kier molecular flexibility index (Phi) is 5.30. The fourth-order valence-electron chi connectivity index (χ4n) is 3.20. The number of carbonyl (C=O) groups is 2. The first kappa shape index (κ1) is 16.7. The van der Waals surface area contributed by atoms with Crippen molar-refractivity contribution in [2.75, 3.05) is 50.1 Å². The molecule has 2 fully saturated rings. The number of methoxy groups -OCH3 is 1. The van der Waals surface area contributed by atoms with E-state index < -0.39 is 0 Å². The Balaban J connectivity index is 1.54. The van der Waals surface area contributed by atoms with E-state index in [-0.39, 0.29) is 24.2 Å². The zero-order valence-corrected chi connectivity index (χ0v) is 14.0. The van der Waals surface area contributed by atoms with Gasteiger partial charge in [0, 0.05) is 39.7 Å². The molecule has 0 aromatic carbocycles. The zero-order valence-electron chi connectivity index (χ0n) is 14.0. The van der Waals surface area contributed by atoms with Crippen LogP contribution in [-0.2, 0) is 14.3 Å². The second kappa shape index (κ2) is 7.61. The molecule has 3 heterocycles. The molecule has 0 unspecified atom stereocenters. The first-order valence-electron chi connectivity index (χ1n) is 8.46. The van der Waals surface area contributed by atoms with Gasteiger partial charge in [-0.15, -0.1) is 0 Å². The van der Waals surface area contributed by atoms with Gasteiger partial charge in [-0.2, -0.15) is 0 Å². The molecule has 0 aliphatic carbocycles. The van der Waals surface area contributed by atoms with Gasteiger partial charge in [-0.3, -0.25) is 9.59 Å². The van der Waals surface area contributed by atoms with Gasteiger partial charge >= 0.3 is 0 Å². The van der Waals surface area contributed by atoms with Gasteiger partial charge in [0.05, 0.1) is 24.4 Å². The highest BCUT2D eigenvalue weighted by molar-refractivity contribution is 5.97. The van der Waals surface area contributed by atoms with Gasteiger partial charge in [-0.25, -0.2) is 4.98 Å². The molecule has 2 aliphatic rings. The van der Waals surface area contributed by atoms with Crippen molar-refractivity contribution in [2.45, 2.75) is 19.3 Å². The fraction of sp³-hybridized carbons (Fsp3) is 0.588. The Morgan fingerprint density at radius 2 is 2.17 bits per heavy atom. The molecule has 24 heavy (non-hydrogen) atoms. The van der Waals surface area contributed by atoms with Gasteiger partial charge in [0.2, 0.25) is 11.8 Å². The van der Waals surface area contributed by atoms with Crippen molar-refractivity contribution in [1.82, 2.24) is 9.88 Å². The van der Waals surface area contributed by atoms with Crippen LogP contribution < -0.4 is 10.2 Å². The molecule has 2 aliphatic heterocycles. The molecule has 1 aromatic heterocycles. The summed E-state index contributed by atoms with van der Waals surface area (Å²) in [6, 6.07) is 3.81. The molecule has 3 rings (SSSR count). The monoisotopic (exact) mass is 332 g/mol. The molecule has 2 amide bonds. The number of amides is 2. The van der Waals surface area contributed by atoms with Crippen LogP contribution in [0.5, 0.6) is 0 Å². The lowest BCUT2D eigenvalue weighted by molar-refractivity contribution is -0.128. The Labute approximate surface area is 142 Å². The average molecular weight is 332 g/mol. The van der Waals surface area contributed by atoms with Crippen molar-refractivity contribution in [3.8, 4) is 0 Å². The van der Waals surface area contributed by atoms with E-state index in [0.29, 0.717) is 25.4 Å². The van der Waals surface area contributed by atoms with E-state index in [4.69, 9.17) is 4.74 Å². The normalized spacial score (nSPS) is 20.7. The van der Waals surface area contributed by atoms with Crippen LogP contribution in [0.1, 0.15) is 19.3 Å². The minimum absolute atomic E-state index is 0.00899. The summed E-state index contributed by atoms with van der Waals surface area (Å²) in [6.07, 6.45) is 4.35. The van der Waals surface area contributed by atoms with Crippen LogP contribution in [0.15, 0.2) is 18.3 Å². The SMILES string of the molecule is COCCN1C[C@@H](C(=O)Nc2ccc(N3CCCC3)nc2)CC1=O. The Morgan fingerprint density at radius 1 is 1.38 bits per heavy atom. The third-order valence-electron chi connectivity index (χ3n) is 4.60. The van der Waals surface area contributed by atoms with E-state index in [1.807, 2.05) is 12.1 Å². The van der Waals surface area contributed by atoms with Crippen molar-refractivity contribution in [3.63, 3.8) is 0 Å². The van der Waals surface area contributed by atoms with Crippen LogP contribution in [0.2, 0.25) is 0 Å². The highest BCUT2D eigenvalue weighted by Gasteiger charge is 2.34. The summed E-state index contributed by atoms with van der Waals surface area (Å²) >= 11 is 0. The van der Waals surface area contributed by atoms with Crippen molar-refractivity contribution in [2.24, 2.45) is 5.92 Å². The van der Waals surface area contributed by atoms with E-state index in [1.54, 1.807) is 18.2 Å². The maximum Gasteiger partial charge on any atom is 0.229 e. The number of nitrogens with one attached hydrogen (secondary N) is 1. The van der Waals surface area contributed by atoms with E-state index in [2.05, 4.69) is 15.2 Å². The molecule has 7 nitrogen and oxygen atoms in total. The molecular formula is C17H24N4O3. The largest absolute Gasteiger partial charge is 0.383 e. The molecule has 0 spiro atoms. The number of likely N-dealkylation sites (tertiary alicyclic amines) is 1. The summed E-state index contributed by atoms with van der Waals surface area (Å²) in [5.41, 5.74) is 0.672. The number of anilines is 2. The molecule has 1 aromatic rings. The Morgan fingerprint density at radius 3 is 2.83 bits per heavy atom. The van der Waals surface area contributed by atoms with Crippen LogP contribution in [0.3, 0.4) is 0 Å². The molecule has 0 radical (unpaired) electrons. The number of ether oxygens (including phenoxy) is 1. The smallest absolute Gasteiger partial charge is 0.229 e. The van der Waals surface area contributed by atoms with Crippen LogP contribution in [-0.4, -0.2) is 61.6 Å². The Hall–Kier alpha value is -2.15. The first-order valence-corrected chi connectivity index (χ1v) is 8.46. The molecule has 1 N–H and O–H groups in total. The molecular weight excluding hydrogens is 308 g/mol. The van der Waals surface area contributed by atoms with E-state index >= 15 is 0 Å². The van der Waals surface area contributed by atoms with Crippen molar-refractivity contribution in [3.05, 3.63) is 18.3 Å². The predicted octanol–water partition coefficient (Wildman–Crippen LogP) is 1.12. The lowest BCUT2D eigenvalue weighted by Crippen LogP contribution is -2.30. The van der Waals surface area contributed by atoms with Gasteiger partial charge < -0.3 is 19.9 Å². The zero-order chi connectivity index (χ0) is 16.9. The number of hydrogen-bond donors (Lipinski definition) is 1. The number of pyridine rings is 1. The number of carbonyl (C=O) groups excluding carboxylic acids is 2. The number of rotatable bonds is 6. The van der Waals surface area contributed by atoms with Gasteiger partial charge in [-0.05, 0) is 25.0 Å². The average Bonchev–Trinajstić information content (AvgIpc) is 3.24. The summed E-state index contributed by atoms with van der Waals surface area (Å²) in [4.78, 5) is 32.6. The van der Waals surface area contributed by atoms with Crippen LogP contribution in [0, 0.1) is 5.92 Å². The lowest BCUT2D eigenvalue weighted by Gasteiger charge is -2.17. The number of nitrogens with zero attached hydrogens (tertiary/aromatic N) is 3. The third-order valence-corrected chi connectivity index (χ3v) is 4.60. The lowest BCUT2D eigenvalue weighted by atomic mass is 10.1. The maximum absolute atomic E-state index is 12.4. The fourth-order valence-corrected chi connectivity index (χ4v) is 3.20. The molecule has 1 atom stereocenters. The van der Waals surface area contributed by atoms with Gasteiger partial charge in [-0.1, -0.05) is 0 Å². The van der Waals surface area contributed by atoms with Gasteiger partial charge in [0.1, 0.15) is 5.82 Å². The highest BCUT2D eigenvalue weighted by Crippen LogP contribution is 2.22. The standard InChI is InChI=1S/C17H24N4O3/c1-24-9-8-21-12-13(10-16(21)22)17(23)19-14-4-5-15(18-11-14)20-6-2-3-7-20/h4-5,11,13H,2-3,6-10,12H2,1H3,(H,19,23)/t13-/m0/s1. The molecule has 130 valence electrons.